The van der Waals surface area contributed by atoms with Crippen molar-refractivity contribution in [3.05, 3.63) is 49.8 Å². The zero-order valence-electron chi connectivity index (χ0n) is 18.2. The number of unbranched alkanes of at least 4 members (excludes halogenated alkanes) is 2. The number of nitrogens with one attached hydrogen (secondary N) is 1. The van der Waals surface area contributed by atoms with Crippen LogP contribution in [0.1, 0.15) is 25.7 Å². The number of carbonyl (C=O) groups is 1. The van der Waals surface area contributed by atoms with Crippen molar-refractivity contribution in [2.75, 3.05) is 56.4 Å². The maximum absolute atomic E-state index is 11.2. The fraction of sp³-hybridized carbons (Fsp3) is 0.435. The van der Waals surface area contributed by atoms with Crippen LogP contribution in [0.25, 0.3) is 0 Å². The fourth-order valence-corrected chi connectivity index (χ4v) is 2.87. The number of benzene rings is 1. The van der Waals surface area contributed by atoms with Crippen LogP contribution in [0.3, 0.4) is 0 Å². The van der Waals surface area contributed by atoms with Crippen LogP contribution in [-0.2, 0) is 14.3 Å². The summed E-state index contributed by atoms with van der Waals surface area (Å²) < 4.78 is 16.1. The fourth-order valence-electron chi connectivity index (χ4n) is 2.87. The number of rotatable bonds is 16. The number of anilines is 3. The molecule has 0 heterocycles. The molecule has 0 bridgehead atoms. The second-order valence-corrected chi connectivity index (χ2v) is 6.65. The van der Waals surface area contributed by atoms with Crippen LogP contribution in [0.15, 0.2) is 49.8 Å². The van der Waals surface area contributed by atoms with E-state index >= 15 is 0 Å². The van der Waals surface area contributed by atoms with Gasteiger partial charge in [0, 0.05) is 32.3 Å². The number of carbonyl (C=O) groups excluding carboxylic acids is 1. The minimum atomic E-state index is -0.396. The van der Waals surface area contributed by atoms with Gasteiger partial charge in [-0.3, -0.25) is 0 Å². The number of esters is 1. The van der Waals surface area contributed by atoms with Gasteiger partial charge in [-0.15, -0.1) is 0 Å². The number of ether oxygens (including phenoxy) is 3. The molecule has 0 aromatic heterocycles. The normalized spacial score (nSPS) is 10.1. The molecule has 0 spiro atoms. The van der Waals surface area contributed by atoms with Crippen LogP contribution in [0.5, 0.6) is 5.75 Å². The Bertz CT molecular complexity index is 689. The van der Waals surface area contributed by atoms with E-state index in [1.54, 1.807) is 13.2 Å². The second-order valence-electron chi connectivity index (χ2n) is 6.65. The van der Waals surface area contributed by atoms with Crippen molar-refractivity contribution in [1.29, 1.82) is 0 Å². The SMILES string of the molecule is C=CC(=C)OCCCCN(CCCCOC(=O)C=C)c1cc(NC)c(N)cc1OC. The van der Waals surface area contributed by atoms with Gasteiger partial charge in [0.05, 0.1) is 37.4 Å². The lowest BCUT2D eigenvalue weighted by Gasteiger charge is -2.28. The molecule has 0 saturated heterocycles. The van der Waals surface area contributed by atoms with Crippen LogP contribution in [0.4, 0.5) is 17.1 Å². The minimum absolute atomic E-state index is 0.372. The Hall–Kier alpha value is -3.09. The Labute approximate surface area is 180 Å². The maximum atomic E-state index is 11.2. The highest BCUT2D eigenvalue weighted by atomic mass is 16.5. The topological polar surface area (TPSA) is 86.1 Å². The van der Waals surface area contributed by atoms with Crippen molar-refractivity contribution in [2.45, 2.75) is 25.7 Å². The van der Waals surface area contributed by atoms with Crippen molar-refractivity contribution in [2.24, 2.45) is 0 Å². The second kappa shape index (κ2) is 14.0. The highest BCUT2D eigenvalue weighted by Crippen LogP contribution is 2.36. The van der Waals surface area contributed by atoms with Gasteiger partial charge >= 0.3 is 5.97 Å². The number of hydrogen-bond acceptors (Lipinski definition) is 7. The average molecular weight is 418 g/mol. The smallest absolute Gasteiger partial charge is 0.330 e. The Kier molecular flexibility index (Phi) is 11.6. The van der Waals surface area contributed by atoms with Crippen molar-refractivity contribution in [1.82, 2.24) is 0 Å². The summed E-state index contributed by atoms with van der Waals surface area (Å²) in [6, 6.07) is 3.83. The van der Waals surface area contributed by atoms with Gasteiger partial charge in [-0.1, -0.05) is 19.7 Å². The molecule has 0 atom stereocenters. The predicted octanol–water partition coefficient (Wildman–Crippen LogP) is 4.13. The van der Waals surface area contributed by atoms with Crippen LogP contribution in [0.2, 0.25) is 0 Å². The summed E-state index contributed by atoms with van der Waals surface area (Å²) in [5, 5.41) is 3.12. The molecule has 0 saturated carbocycles. The first-order chi connectivity index (χ1) is 14.5. The average Bonchev–Trinajstić information content (AvgIpc) is 2.76. The summed E-state index contributed by atoms with van der Waals surface area (Å²) in [7, 11) is 3.48. The van der Waals surface area contributed by atoms with E-state index in [0.29, 0.717) is 24.7 Å². The van der Waals surface area contributed by atoms with Gasteiger partial charge in [0.25, 0.3) is 0 Å². The molecular weight excluding hydrogens is 382 g/mol. The third kappa shape index (κ3) is 8.51. The van der Waals surface area contributed by atoms with E-state index in [1.165, 1.54) is 6.08 Å². The van der Waals surface area contributed by atoms with Crippen molar-refractivity contribution in [3.8, 4) is 5.75 Å². The zero-order chi connectivity index (χ0) is 22.4. The summed E-state index contributed by atoms with van der Waals surface area (Å²) in [6.07, 6.45) is 6.21. The van der Waals surface area contributed by atoms with Crippen molar-refractivity contribution < 1.29 is 19.0 Å². The zero-order valence-corrected chi connectivity index (χ0v) is 18.2. The molecule has 30 heavy (non-hydrogen) atoms. The van der Waals surface area contributed by atoms with E-state index in [9.17, 15) is 4.79 Å². The highest BCUT2D eigenvalue weighted by molar-refractivity contribution is 5.81. The van der Waals surface area contributed by atoms with E-state index < -0.39 is 5.97 Å². The summed E-state index contributed by atoms with van der Waals surface area (Å²) in [5.74, 6) is 0.910. The van der Waals surface area contributed by atoms with E-state index in [2.05, 4.69) is 30.0 Å². The molecule has 1 aromatic rings. The number of nitrogens with zero attached hydrogens (tertiary/aromatic N) is 1. The summed E-state index contributed by atoms with van der Waals surface area (Å²) >= 11 is 0. The van der Waals surface area contributed by atoms with Gasteiger partial charge in [-0.05, 0) is 37.8 Å². The molecular formula is C23H35N3O4. The van der Waals surface area contributed by atoms with Gasteiger partial charge in [0.2, 0.25) is 0 Å². The molecule has 0 aliphatic heterocycles. The van der Waals surface area contributed by atoms with Crippen LogP contribution < -0.4 is 20.7 Å². The van der Waals surface area contributed by atoms with Gasteiger partial charge in [-0.2, -0.15) is 0 Å². The third-order valence-corrected chi connectivity index (χ3v) is 4.53. The van der Waals surface area contributed by atoms with E-state index in [-0.39, 0.29) is 0 Å². The van der Waals surface area contributed by atoms with Gasteiger partial charge in [0.15, 0.2) is 0 Å². The Morgan fingerprint density at radius 3 is 2.27 bits per heavy atom. The molecule has 0 fully saturated rings. The predicted molar refractivity (Wildman–Crippen MR) is 124 cm³/mol. The molecule has 0 aliphatic carbocycles. The first kappa shape index (κ1) is 24.9. The molecule has 0 aliphatic rings. The third-order valence-electron chi connectivity index (χ3n) is 4.53. The largest absolute Gasteiger partial charge is 0.495 e. The quantitative estimate of drug-likeness (QED) is 0.104. The van der Waals surface area contributed by atoms with Gasteiger partial charge < -0.3 is 30.2 Å². The summed E-state index contributed by atoms with van der Waals surface area (Å²) in [5.41, 5.74) is 8.54. The number of allylic oxidation sites excluding steroid dienone is 1. The molecule has 7 heteroatoms. The Balaban J connectivity index is 2.78. The highest BCUT2D eigenvalue weighted by Gasteiger charge is 2.15. The molecule has 3 N–H and O–H groups in total. The van der Waals surface area contributed by atoms with Crippen LogP contribution >= 0.6 is 0 Å². The number of nitrogens with two attached hydrogens (primary N) is 1. The summed E-state index contributed by atoms with van der Waals surface area (Å²) in [4.78, 5) is 13.4. The lowest BCUT2D eigenvalue weighted by atomic mass is 10.1. The molecule has 1 rings (SSSR count). The lowest BCUT2D eigenvalue weighted by Crippen LogP contribution is -2.27. The lowest BCUT2D eigenvalue weighted by molar-refractivity contribution is -0.137. The van der Waals surface area contributed by atoms with E-state index in [1.807, 2.05) is 19.2 Å². The van der Waals surface area contributed by atoms with Gasteiger partial charge in [-0.25, -0.2) is 4.79 Å². The number of nitrogen functional groups attached to an aromatic ring is 1. The van der Waals surface area contributed by atoms with Crippen LogP contribution in [0, 0.1) is 0 Å². The standard InChI is InChI=1S/C23H35N3O4/c1-6-18(3)29-14-10-8-12-26(13-9-11-15-30-23(27)7-2)21-17-20(25-4)19(24)16-22(21)28-5/h6-7,16-17,25H,1-3,8-15,24H2,4-5H3. The first-order valence-corrected chi connectivity index (χ1v) is 10.1. The molecule has 0 unspecified atom stereocenters. The number of hydrogen-bond donors (Lipinski definition) is 2. The molecule has 1 aromatic carbocycles. The van der Waals surface area contributed by atoms with E-state index in [4.69, 9.17) is 19.9 Å². The van der Waals surface area contributed by atoms with Crippen molar-refractivity contribution >= 4 is 23.0 Å². The molecule has 0 amide bonds. The summed E-state index contributed by atoms with van der Waals surface area (Å²) in [6.45, 7) is 13.4. The Morgan fingerprint density at radius 1 is 1.10 bits per heavy atom. The molecule has 166 valence electrons. The van der Waals surface area contributed by atoms with Gasteiger partial charge in [0.1, 0.15) is 11.5 Å². The molecule has 0 radical (unpaired) electrons. The monoisotopic (exact) mass is 417 g/mol. The first-order valence-electron chi connectivity index (χ1n) is 10.1. The maximum Gasteiger partial charge on any atom is 0.330 e. The van der Waals surface area contributed by atoms with Crippen molar-refractivity contribution in [3.63, 3.8) is 0 Å². The Morgan fingerprint density at radius 2 is 1.73 bits per heavy atom. The van der Waals surface area contributed by atoms with E-state index in [0.717, 1.165) is 55.9 Å². The molecule has 7 nitrogen and oxygen atoms in total. The minimum Gasteiger partial charge on any atom is -0.495 e. The number of methoxy groups -OCH3 is 1. The van der Waals surface area contributed by atoms with Crippen LogP contribution in [-0.4, -0.2) is 46.4 Å².